The number of morpholine rings is 1. The van der Waals surface area contributed by atoms with Gasteiger partial charge in [0.2, 0.25) is 0 Å². The zero-order valence-corrected chi connectivity index (χ0v) is 12.7. The van der Waals surface area contributed by atoms with E-state index in [4.69, 9.17) is 9.47 Å². The number of nitrogens with zero attached hydrogens (tertiary/aromatic N) is 1. The van der Waals surface area contributed by atoms with Crippen LogP contribution in [0.3, 0.4) is 0 Å². The number of carbonyl (C=O) groups excluding carboxylic acids is 1. The maximum Gasteiger partial charge on any atom is 0.260 e. The van der Waals surface area contributed by atoms with E-state index in [0.717, 1.165) is 5.75 Å². The van der Waals surface area contributed by atoms with Gasteiger partial charge in [-0.1, -0.05) is 6.07 Å². The van der Waals surface area contributed by atoms with Crippen molar-refractivity contribution in [2.24, 2.45) is 0 Å². The Morgan fingerprint density at radius 3 is 2.50 bits per heavy atom. The molecule has 0 radical (unpaired) electrons. The summed E-state index contributed by atoms with van der Waals surface area (Å²) in [7, 11) is 0. The first-order valence-corrected chi connectivity index (χ1v) is 7.09. The fourth-order valence-electron chi connectivity index (χ4n) is 2.42. The van der Waals surface area contributed by atoms with Gasteiger partial charge in [0.1, 0.15) is 5.75 Å². The van der Waals surface area contributed by atoms with E-state index < -0.39 is 0 Å². The van der Waals surface area contributed by atoms with E-state index >= 15 is 0 Å². The van der Waals surface area contributed by atoms with Gasteiger partial charge in [-0.15, -0.1) is 0 Å². The predicted molar refractivity (Wildman–Crippen MR) is 78.0 cm³/mol. The summed E-state index contributed by atoms with van der Waals surface area (Å²) in [4.78, 5) is 14.0. The molecule has 0 aliphatic carbocycles. The van der Waals surface area contributed by atoms with Gasteiger partial charge in [-0.3, -0.25) is 4.79 Å². The molecule has 0 spiro atoms. The predicted octanol–water partition coefficient (Wildman–Crippen LogP) is 2.32. The van der Waals surface area contributed by atoms with Crippen molar-refractivity contribution in [3.63, 3.8) is 0 Å². The zero-order chi connectivity index (χ0) is 14.7. The number of hydrogen-bond donors (Lipinski definition) is 0. The molecule has 1 fully saturated rings. The molecule has 2 atom stereocenters. The highest BCUT2D eigenvalue weighted by atomic mass is 16.5. The van der Waals surface area contributed by atoms with E-state index in [1.54, 1.807) is 0 Å². The van der Waals surface area contributed by atoms with E-state index in [-0.39, 0.29) is 24.7 Å². The van der Waals surface area contributed by atoms with Gasteiger partial charge in [-0.2, -0.15) is 0 Å². The number of aryl methyl sites for hydroxylation is 2. The number of benzene rings is 1. The van der Waals surface area contributed by atoms with Crippen molar-refractivity contribution in [2.75, 3.05) is 19.7 Å². The Morgan fingerprint density at radius 2 is 1.90 bits per heavy atom. The second kappa shape index (κ2) is 6.27. The van der Waals surface area contributed by atoms with Crippen molar-refractivity contribution in [3.8, 4) is 5.75 Å². The minimum Gasteiger partial charge on any atom is -0.484 e. The molecule has 0 bridgehead atoms. The Kier molecular flexibility index (Phi) is 4.65. The van der Waals surface area contributed by atoms with Crippen LogP contribution < -0.4 is 4.74 Å². The molecule has 0 aromatic heterocycles. The number of carbonyl (C=O) groups is 1. The van der Waals surface area contributed by atoms with Crippen LogP contribution in [-0.4, -0.2) is 42.7 Å². The smallest absolute Gasteiger partial charge is 0.260 e. The van der Waals surface area contributed by atoms with Gasteiger partial charge in [0.05, 0.1) is 12.2 Å². The highest BCUT2D eigenvalue weighted by Gasteiger charge is 2.25. The van der Waals surface area contributed by atoms with Crippen molar-refractivity contribution >= 4 is 5.91 Å². The summed E-state index contributed by atoms with van der Waals surface area (Å²) in [6.45, 7) is 9.43. The van der Waals surface area contributed by atoms with Gasteiger partial charge in [0.15, 0.2) is 6.61 Å². The number of rotatable bonds is 3. The minimum atomic E-state index is 0.0187. The maximum atomic E-state index is 12.2. The van der Waals surface area contributed by atoms with E-state index in [2.05, 4.69) is 6.92 Å². The molecule has 20 heavy (non-hydrogen) atoms. The quantitative estimate of drug-likeness (QED) is 0.851. The third kappa shape index (κ3) is 3.73. The van der Waals surface area contributed by atoms with Gasteiger partial charge in [0, 0.05) is 13.1 Å². The first-order chi connectivity index (χ1) is 9.45. The summed E-state index contributed by atoms with van der Waals surface area (Å²) in [6.07, 6.45) is 0.175. The molecule has 0 unspecified atom stereocenters. The van der Waals surface area contributed by atoms with Crippen LogP contribution >= 0.6 is 0 Å². The Morgan fingerprint density at radius 1 is 1.25 bits per heavy atom. The molecule has 0 N–H and O–H groups in total. The summed E-state index contributed by atoms with van der Waals surface area (Å²) in [5, 5.41) is 0. The first kappa shape index (κ1) is 14.9. The first-order valence-electron chi connectivity index (χ1n) is 7.09. The Balaban J connectivity index is 1.89. The van der Waals surface area contributed by atoms with Crippen molar-refractivity contribution in [2.45, 2.75) is 39.9 Å². The van der Waals surface area contributed by atoms with E-state index in [0.29, 0.717) is 13.1 Å². The minimum absolute atomic E-state index is 0.0187. The van der Waals surface area contributed by atoms with Crippen LogP contribution in [0.15, 0.2) is 18.2 Å². The SMILES string of the molecule is Cc1ccc(OCC(=O)N2C[C@@H](C)O[C@H](C)C2)cc1C. The number of amides is 1. The lowest BCUT2D eigenvalue weighted by Crippen LogP contribution is -2.49. The van der Waals surface area contributed by atoms with Crippen LogP contribution in [0.2, 0.25) is 0 Å². The molecule has 1 aromatic rings. The van der Waals surface area contributed by atoms with Gasteiger partial charge < -0.3 is 14.4 Å². The van der Waals surface area contributed by atoms with Gasteiger partial charge in [0.25, 0.3) is 5.91 Å². The van der Waals surface area contributed by atoms with Crippen LogP contribution in [0.4, 0.5) is 0 Å². The lowest BCUT2D eigenvalue weighted by molar-refractivity contribution is -0.145. The molecule has 0 saturated carbocycles. The molecule has 1 amide bonds. The fourth-order valence-corrected chi connectivity index (χ4v) is 2.42. The third-order valence-corrected chi connectivity index (χ3v) is 3.61. The summed E-state index contributed by atoms with van der Waals surface area (Å²) in [6, 6.07) is 5.88. The zero-order valence-electron chi connectivity index (χ0n) is 12.7. The lowest BCUT2D eigenvalue weighted by Gasteiger charge is -2.35. The molecule has 2 rings (SSSR count). The summed E-state index contributed by atoms with van der Waals surface area (Å²) < 4.78 is 11.2. The highest BCUT2D eigenvalue weighted by Crippen LogP contribution is 2.17. The molecule has 4 nitrogen and oxygen atoms in total. The molecule has 1 aliphatic heterocycles. The maximum absolute atomic E-state index is 12.2. The molecule has 110 valence electrons. The second-order valence-electron chi connectivity index (χ2n) is 5.59. The molecular formula is C16H23NO3. The normalized spacial score (nSPS) is 22.7. The summed E-state index contributed by atoms with van der Waals surface area (Å²) >= 11 is 0. The lowest BCUT2D eigenvalue weighted by atomic mass is 10.1. The summed E-state index contributed by atoms with van der Waals surface area (Å²) in [5.74, 6) is 0.765. The van der Waals surface area contributed by atoms with Crippen LogP contribution in [0.1, 0.15) is 25.0 Å². The standard InChI is InChI=1S/C16H23NO3/c1-11-5-6-15(7-12(11)2)19-10-16(18)17-8-13(3)20-14(4)9-17/h5-7,13-14H,8-10H2,1-4H3/t13-,14-/m1/s1. The molecule has 1 heterocycles. The topological polar surface area (TPSA) is 38.8 Å². The molecular weight excluding hydrogens is 254 g/mol. The van der Waals surface area contributed by atoms with Gasteiger partial charge >= 0.3 is 0 Å². The van der Waals surface area contributed by atoms with Crippen LogP contribution in [0.25, 0.3) is 0 Å². The van der Waals surface area contributed by atoms with Crippen molar-refractivity contribution in [1.82, 2.24) is 4.90 Å². The second-order valence-corrected chi connectivity index (χ2v) is 5.59. The number of hydrogen-bond acceptors (Lipinski definition) is 3. The Bertz CT molecular complexity index is 477. The monoisotopic (exact) mass is 277 g/mol. The molecule has 1 aromatic carbocycles. The average Bonchev–Trinajstić information content (AvgIpc) is 2.38. The largest absolute Gasteiger partial charge is 0.484 e. The van der Waals surface area contributed by atoms with Crippen molar-refractivity contribution in [1.29, 1.82) is 0 Å². The fraction of sp³-hybridized carbons (Fsp3) is 0.562. The van der Waals surface area contributed by atoms with E-state index in [9.17, 15) is 4.79 Å². The van der Waals surface area contributed by atoms with Gasteiger partial charge in [-0.05, 0) is 51.0 Å². The molecule has 4 heteroatoms. The highest BCUT2D eigenvalue weighted by molar-refractivity contribution is 5.78. The van der Waals surface area contributed by atoms with Crippen molar-refractivity contribution in [3.05, 3.63) is 29.3 Å². The summed E-state index contributed by atoms with van der Waals surface area (Å²) in [5.41, 5.74) is 2.39. The third-order valence-electron chi connectivity index (χ3n) is 3.61. The van der Waals surface area contributed by atoms with Gasteiger partial charge in [-0.25, -0.2) is 0 Å². The number of ether oxygens (including phenoxy) is 2. The van der Waals surface area contributed by atoms with Crippen LogP contribution in [0, 0.1) is 13.8 Å². The molecule has 1 aliphatic rings. The van der Waals surface area contributed by atoms with E-state index in [1.165, 1.54) is 11.1 Å². The average molecular weight is 277 g/mol. The van der Waals surface area contributed by atoms with Crippen LogP contribution in [-0.2, 0) is 9.53 Å². The van der Waals surface area contributed by atoms with E-state index in [1.807, 2.05) is 43.9 Å². The Labute approximate surface area is 120 Å². The molecule has 1 saturated heterocycles. The van der Waals surface area contributed by atoms with Crippen molar-refractivity contribution < 1.29 is 14.3 Å². The Hall–Kier alpha value is -1.55. The van der Waals surface area contributed by atoms with Crippen LogP contribution in [0.5, 0.6) is 5.75 Å².